The zero-order chi connectivity index (χ0) is 19.3. The third-order valence-corrected chi connectivity index (χ3v) is 5.12. The van der Waals surface area contributed by atoms with Gasteiger partial charge in [-0.25, -0.2) is 0 Å². The van der Waals surface area contributed by atoms with Crippen molar-refractivity contribution < 1.29 is 19.5 Å². The molecule has 6 heteroatoms. The third-order valence-electron chi connectivity index (χ3n) is 5.12. The lowest BCUT2D eigenvalue weighted by Gasteiger charge is -2.38. The van der Waals surface area contributed by atoms with Crippen LogP contribution in [0.25, 0.3) is 0 Å². The van der Waals surface area contributed by atoms with Gasteiger partial charge in [-0.2, -0.15) is 0 Å². The van der Waals surface area contributed by atoms with Gasteiger partial charge >= 0.3 is 5.97 Å². The summed E-state index contributed by atoms with van der Waals surface area (Å²) in [7, 11) is 0. The monoisotopic (exact) mass is 360 g/mol. The first kappa shape index (κ1) is 19.9. The molecular weight excluding hydrogens is 332 g/mol. The van der Waals surface area contributed by atoms with E-state index in [-0.39, 0.29) is 30.2 Å². The average molecular weight is 360 g/mol. The summed E-state index contributed by atoms with van der Waals surface area (Å²) in [5.74, 6) is -1.83. The van der Waals surface area contributed by atoms with Crippen molar-refractivity contribution in [2.45, 2.75) is 39.7 Å². The maximum Gasteiger partial charge on any atom is 0.308 e. The summed E-state index contributed by atoms with van der Waals surface area (Å²) in [4.78, 5) is 38.6. The van der Waals surface area contributed by atoms with E-state index in [9.17, 15) is 19.5 Å². The molecular formula is C20H28N2O4. The molecule has 6 nitrogen and oxygen atoms in total. The van der Waals surface area contributed by atoms with Gasteiger partial charge in [0.05, 0.1) is 5.92 Å². The number of benzene rings is 1. The fraction of sp³-hybridized carbons (Fsp3) is 0.550. The molecule has 26 heavy (non-hydrogen) atoms. The molecule has 1 aliphatic heterocycles. The first-order valence-electron chi connectivity index (χ1n) is 9.21. The van der Waals surface area contributed by atoms with Crippen LogP contribution < -0.4 is 5.32 Å². The van der Waals surface area contributed by atoms with Crippen molar-refractivity contribution in [2.24, 2.45) is 17.8 Å². The summed E-state index contributed by atoms with van der Waals surface area (Å²) in [5, 5.41) is 12.2. The number of rotatable bonds is 6. The molecule has 4 unspecified atom stereocenters. The Morgan fingerprint density at radius 3 is 2.46 bits per heavy atom. The van der Waals surface area contributed by atoms with E-state index in [4.69, 9.17) is 0 Å². The van der Waals surface area contributed by atoms with E-state index < -0.39 is 17.9 Å². The summed E-state index contributed by atoms with van der Waals surface area (Å²) in [5.41, 5.74) is 0.504. The highest BCUT2D eigenvalue weighted by atomic mass is 16.4. The minimum absolute atomic E-state index is 0.0457. The van der Waals surface area contributed by atoms with E-state index in [1.54, 1.807) is 29.2 Å². The van der Waals surface area contributed by atoms with Gasteiger partial charge in [0.15, 0.2) is 0 Å². The molecule has 0 aliphatic carbocycles. The van der Waals surface area contributed by atoms with E-state index in [1.165, 1.54) is 0 Å². The van der Waals surface area contributed by atoms with Gasteiger partial charge in [-0.15, -0.1) is 0 Å². The summed E-state index contributed by atoms with van der Waals surface area (Å²) >= 11 is 0. The van der Waals surface area contributed by atoms with Gasteiger partial charge in [0, 0.05) is 18.7 Å². The van der Waals surface area contributed by atoms with E-state index in [0.29, 0.717) is 18.5 Å². The van der Waals surface area contributed by atoms with Crippen LogP contribution in [-0.4, -0.2) is 46.9 Å². The number of piperidine rings is 1. The third kappa shape index (κ3) is 4.84. The maximum absolute atomic E-state index is 13.1. The minimum atomic E-state index is -0.872. The Bertz CT molecular complexity index is 646. The van der Waals surface area contributed by atoms with Crippen LogP contribution in [0.5, 0.6) is 0 Å². The molecule has 1 fully saturated rings. The summed E-state index contributed by atoms with van der Waals surface area (Å²) in [6.45, 7) is 6.58. The van der Waals surface area contributed by atoms with Crippen LogP contribution in [0.2, 0.25) is 0 Å². The molecule has 1 aromatic rings. The fourth-order valence-corrected chi connectivity index (χ4v) is 3.40. The zero-order valence-electron chi connectivity index (χ0n) is 15.6. The van der Waals surface area contributed by atoms with Crippen LogP contribution in [0.1, 0.15) is 44.0 Å². The second-order valence-corrected chi connectivity index (χ2v) is 7.32. The standard InChI is InChI=1S/C20H28N2O4/c1-4-14(3)17(21-18(23)15-8-6-5-7-9-15)19(24)22-11-13(2)10-16(12-22)20(25)26/h5-9,13-14,16-17H,4,10-12H2,1-3H3,(H,21,23)(H,25,26). The molecule has 2 amide bonds. The second-order valence-electron chi connectivity index (χ2n) is 7.32. The van der Waals surface area contributed by atoms with Gasteiger partial charge in [-0.05, 0) is 30.4 Å². The van der Waals surface area contributed by atoms with Crippen molar-refractivity contribution in [3.63, 3.8) is 0 Å². The molecule has 0 aromatic heterocycles. The molecule has 0 saturated carbocycles. The quantitative estimate of drug-likeness (QED) is 0.815. The van der Waals surface area contributed by atoms with Gasteiger partial charge in [0.2, 0.25) is 5.91 Å². The minimum Gasteiger partial charge on any atom is -0.481 e. The Morgan fingerprint density at radius 1 is 1.23 bits per heavy atom. The van der Waals surface area contributed by atoms with Crippen LogP contribution in [-0.2, 0) is 9.59 Å². The van der Waals surface area contributed by atoms with E-state index in [0.717, 1.165) is 6.42 Å². The van der Waals surface area contributed by atoms with Gasteiger partial charge in [-0.1, -0.05) is 45.4 Å². The van der Waals surface area contributed by atoms with Crippen molar-refractivity contribution in [3.05, 3.63) is 35.9 Å². The molecule has 0 radical (unpaired) electrons. The normalized spacial score (nSPS) is 22.3. The highest BCUT2D eigenvalue weighted by Crippen LogP contribution is 2.24. The van der Waals surface area contributed by atoms with Crippen molar-refractivity contribution in [1.29, 1.82) is 0 Å². The number of aliphatic carboxylic acids is 1. The summed E-state index contributed by atoms with van der Waals surface area (Å²) < 4.78 is 0. The number of hydrogen-bond acceptors (Lipinski definition) is 3. The second kappa shape index (κ2) is 8.83. The van der Waals surface area contributed by atoms with Crippen molar-refractivity contribution in [3.8, 4) is 0 Å². The molecule has 0 bridgehead atoms. The van der Waals surface area contributed by atoms with Crippen LogP contribution >= 0.6 is 0 Å². The average Bonchev–Trinajstić information content (AvgIpc) is 2.64. The lowest BCUT2D eigenvalue weighted by molar-refractivity contribution is -0.147. The number of likely N-dealkylation sites (tertiary alicyclic amines) is 1. The van der Waals surface area contributed by atoms with Crippen LogP contribution in [0.4, 0.5) is 0 Å². The van der Waals surface area contributed by atoms with Crippen molar-refractivity contribution >= 4 is 17.8 Å². The smallest absolute Gasteiger partial charge is 0.308 e. The number of hydrogen-bond donors (Lipinski definition) is 2. The number of carboxylic acids is 1. The van der Waals surface area contributed by atoms with Gasteiger partial charge in [-0.3, -0.25) is 14.4 Å². The number of nitrogens with one attached hydrogen (secondary N) is 1. The molecule has 2 N–H and O–H groups in total. The Balaban J connectivity index is 2.16. The van der Waals surface area contributed by atoms with Crippen LogP contribution in [0, 0.1) is 17.8 Å². The number of carbonyl (C=O) groups is 3. The SMILES string of the molecule is CCC(C)C(NC(=O)c1ccccc1)C(=O)N1CC(C)CC(C(=O)O)C1. The lowest BCUT2D eigenvalue weighted by atomic mass is 9.89. The molecule has 1 aromatic carbocycles. The fourth-order valence-electron chi connectivity index (χ4n) is 3.40. The van der Waals surface area contributed by atoms with Crippen LogP contribution in [0.3, 0.4) is 0 Å². The molecule has 2 rings (SSSR count). The molecule has 0 spiro atoms. The maximum atomic E-state index is 13.1. The predicted molar refractivity (Wildman–Crippen MR) is 98.6 cm³/mol. The van der Waals surface area contributed by atoms with E-state index >= 15 is 0 Å². The Morgan fingerprint density at radius 2 is 1.88 bits per heavy atom. The highest BCUT2D eigenvalue weighted by molar-refractivity contribution is 5.97. The number of carbonyl (C=O) groups excluding carboxylic acids is 2. The summed E-state index contributed by atoms with van der Waals surface area (Å²) in [6.07, 6.45) is 1.31. The Kier molecular flexibility index (Phi) is 6.77. The van der Waals surface area contributed by atoms with Gasteiger partial charge < -0.3 is 15.3 Å². The molecule has 4 atom stereocenters. The van der Waals surface area contributed by atoms with Crippen LogP contribution in [0.15, 0.2) is 30.3 Å². The highest BCUT2D eigenvalue weighted by Gasteiger charge is 2.36. The van der Waals surface area contributed by atoms with E-state index in [1.807, 2.05) is 26.8 Å². The lowest BCUT2D eigenvalue weighted by Crippen LogP contribution is -2.55. The van der Waals surface area contributed by atoms with Crippen molar-refractivity contribution in [1.82, 2.24) is 10.2 Å². The van der Waals surface area contributed by atoms with Gasteiger partial charge in [0.1, 0.15) is 6.04 Å². The molecule has 1 heterocycles. The largest absolute Gasteiger partial charge is 0.481 e. The molecule has 1 aliphatic rings. The van der Waals surface area contributed by atoms with Crippen molar-refractivity contribution in [2.75, 3.05) is 13.1 Å². The molecule has 1 saturated heterocycles. The first-order valence-corrected chi connectivity index (χ1v) is 9.21. The Labute approximate surface area is 154 Å². The first-order chi connectivity index (χ1) is 12.3. The predicted octanol–water partition coefficient (Wildman–Crippen LogP) is 2.40. The molecule has 142 valence electrons. The number of carboxylic acid groups (broad SMARTS) is 1. The zero-order valence-corrected chi connectivity index (χ0v) is 15.6. The van der Waals surface area contributed by atoms with Gasteiger partial charge in [0.25, 0.3) is 5.91 Å². The Hall–Kier alpha value is -2.37. The summed E-state index contributed by atoms with van der Waals surface area (Å²) in [6, 6.07) is 8.13. The number of amides is 2. The van der Waals surface area contributed by atoms with E-state index in [2.05, 4.69) is 5.32 Å². The number of nitrogens with zero attached hydrogens (tertiary/aromatic N) is 1. The topological polar surface area (TPSA) is 86.7 Å².